The molecule has 0 heterocycles. The summed E-state index contributed by atoms with van der Waals surface area (Å²) in [5.74, 6) is 2.55. The first-order valence-corrected chi connectivity index (χ1v) is 11.0. The summed E-state index contributed by atoms with van der Waals surface area (Å²) in [6.07, 6.45) is 15.2. The third kappa shape index (κ3) is 5.08. The van der Waals surface area contributed by atoms with Crippen molar-refractivity contribution < 1.29 is 8.78 Å². The Bertz CT molecular complexity index is 551. The zero-order valence-electron chi connectivity index (χ0n) is 16.7. The van der Waals surface area contributed by atoms with E-state index in [1.165, 1.54) is 76.3 Å². The summed E-state index contributed by atoms with van der Waals surface area (Å²) >= 11 is 0. The molecule has 0 amide bonds. The Kier molecular flexibility index (Phi) is 7.12. The standard InChI is InChI=1S/C24H36F2/c1-3-4-18-5-9-20(10-6-18)21-11-7-19(8-12-21)15-17(2)22-13-14-23(25)24(26)16-22/h13-14,16-21H,3-12,15H2,1-2H3/t17-,18?,19?,20?,21?/m1/s1. The maximum atomic E-state index is 13.5. The van der Waals surface area contributed by atoms with Crippen LogP contribution in [0.15, 0.2) is 18.2 Å². The molecule has 1 aromatic rings. The van der Waals surface area contributed by atoms with Gasteiger partial charge in [-0.3, -0.25) is 0 Å². The topological polar surface area (TPSA) is 0 Å². The Morgan fingerprint density at radius 3 is 1.96 bits per heavy atom. The lowest BCUT2D eigenvalue weighted by Crippen LogP contribution is -2.26. The second-order valence-electron chi connectivity index (χ2n) is 9.16. The molecule has 0 nitrogen and oxygen atoms in total. The van der Waals surface area contributed by atoms with Crippen LogP contribution in [0, 0.1) is 35.3 Å². The zero-order chi connectivity index (χ0) is 18.5. The van der Waals surface area contributed by atoms with Gasteiger partial charge in [0.1, 0.15) is 0 Å². The van der Waals surface area contributed by atoms with Crippen molar-refractivity contribution in [3.8, 4) is 0 Å². The van der Waals surface area contributed by atoms with E-state index in [1.807, 2.05) is 0 Å². The highest BCUT2D eigenvalue weighted by atomic mass is 19.2. The second-order valence-corrected chi connectivity index (χ2v) is 9.16. The molecule has 2 fully saturated rings. The molecule has 1 atom stereocenters. The summed E-state index contributed by atoms with van der Waals surface area (Å²) in [7, 11) is 0. The van der Waals surface area contributed by atoms with Crippen LogP contribution < -0.4 is 0 Å². The molecule has 0 aromatic heterocycles. The van der Waals surface area contributed by atoms with Crippen molar-refractivity contribution in [2.75, 3.05) is 0 Å². The van der Waals surface area contributed by atoms with Crippen molar-refractivity contribution in [2.24, 2.45) is 23.7 Å². The lowest BCUT2D eigenvalue weighted by Gasteiger charge is -2.38. The third-order valence-corrected chi connectivity index (χ3v) is 7.35. The van der Waals surface area contributed by atoms with E-state index in [2.05, 4.69) is 13.8 Å². The van der Waals surface area contributed by atoms with Crippen LogP contribution in [0.2, 0.25) is 0 Å². The maximum absolute atomic E-state index is 13.5. The molecule has 0 saturated heterocycles. The normalized spacial score (nSPS) is 30.9. The van der Waals surface area contributed by atoms with E-state index < -0.39 is 11.6 Å². The SMILES string of the molecule is CCCC1CCC(C2CCC(C[C@@H](C)c3ccc(F)c(F)c3)CC2)CC1. The van der Waals surface area contributed by atoms with E-state index in [0.29, 0.717) is 5.92 Å². The average Bonchev–Trinajstić information content (AvgIpc) is 2.65. The fraction of sp³-hybridized carbons (Fsp3) is 0.750. The highest BCUT2D eigenvalue weighted by molar-refractivity contribution is 5.21. The number of rotatable bonds is 6. The van der Waals surface area contributed by atoms with Crippen LogP contribution in [0.4, 0.5) is 8.78 Å². The van der Waals surface area contributed by atoms with E-state index in [4.69, 9.17) is 0 Å². The predicted octanol–water partition coefficient (Wildman–Crippen LogP) is 7.87. The molecule has 0 bridgehead atoms. The van der Waals surface area contributed by atoms with Crippen molar-refractivity contribution in [2.45, 2.75) is 90.4 Å². The Balaban J connectivity index is 1.43. The monoisotopic (exact) mass is 362 g/mol. The summed E-state index contributed by atoms with van der Waals surface area (Å²) in [5, 5.41) is 0. The molecule has 0 radical (unpaired) electrons. The Morgan fingerprint density at radius 2 is 1.42 bits per heavy atom. The van der Waals surface area contributed by atoms with Gasteiger partial charge in [-0.25, -0.2) is 8.78 Å². The lowest BCUT2D eigenvalue weighted by atomic mass is 9.68. The molecular weight excluding hydrogens is 326 g/mol. The summed E-state index contributed by atoms with van der Waals surface area (Å²) in [5.41, 5.74) is 0.945. The molecule has 26 heavy (non-hydrogen) atoms. The Labute approximate surface area is 158 Å². The van der Waals surface area contributed by atoms with E-state index in [9.17, 15) is 8.78 Å². The first-order valence-electron chi connectivity index (χ1n) is 11.0. The van der Waals surface area contributed by atoms with Crippen LogP contribution in [-0.2, 0) is 0 Å². The molecule has 2 saturated carbocycles. The van der Waals surface area contributed by atoms with Crippen molar-refractivity contribution in [3.05, 3.63) is 35.4 Å². The molecule has 0 unspecified atom stereocenters. The predicted molar refractivity (Wildman–Crippen MR) is 105 cm³/mol. The van der Waals surface area contributed by atoms with Crippen LogP contribution in [-0.4, -0.2) is 0 Å². The van der Waals surface area contributed by atoms with Crippen LogP contribution >= 0.6 is 0 Å². The Hall–Kier alpha value is -0.920. The number of hydrogen-bond acceptors (Lipinski definition) is 0. The van der Waals surface area contributed by atoms with Gasteiger partial charge in [-0.1, -0.05) is 58.4 Å². The molecule has 0 aliphatic heterocycles. The Morgan fingerprint density at radius 1 is 0.846 bits per heavy atom. The lowest BCUT2D eigenvalue weighted by molar-refractivity contribution is 0.139. The van der Waals surface area contributed by atoms with E-state index >= 15 is 0 Å². The average molecular weight is 363 g/mol. The van der Waals surface area contributed by atoms with Crippen LogP contribution in [0.1, 0.15) is 96.0 Å². The highest BCUT2D eigenvalue weighted by Gasteiger charge is 2.31. The van der Waals surface area contributed by atoms with Gasteiger partial charge < -0.3 is 0 Å². The first-order chi connectivity index (χ1) is 12.6. The molecule has 3 rings (SSSR count). The van der Waals surface area contributed by atoms with Gasteiger partial charge >= 0.3 is 0 Å². The summed E-state index contributed by atoms with van der Waals surface area (Å²) in [6.45, 7) is 4.47. The minimum Gasteiger partial charge on any atom is -0.204 e. The van der Waals surface area contributed by atoms with Crippen molar-refractivity contribution in [1.29, 1.82) is 0 Å². The third-order valence-electron chi connectivity index (χ3n) is 7.35. The number of halogens is 2. The van der Waals surface area contributed by atoms with Gasteiger partial charge in [-0.15, -0.1) is 0 Å². The van der Waals surface area contributed by atoms with Gasteiger partial charge in [0.15, 0.2) is 11.6 Å². The summed E-state index contributed by atoms with van der Waals surface area (Å²) in [4.78, 5) is 0. The van der Waals surface area contributed by atoms with E-state index in [0.717, 1.165) is 35.7 Å². The van der Waals surface area contributed by atoms with E-state index in [-0.39, 0.29) is 0 Å². The number of benzene rings is 1. The van der Waals surface area contributed by atoms with Crippen LogP contribution in [0.5, 0.6) is 0 Å². The largest absolute Gasteiger partial charge is 0.204 e. The van der Waals surface area contributed by atoms with Gasteiger partial charge in [0.2, 0.25) is 0 Å². The van der Waals surface area contributed by atoms with Crippen LogP contribution in [0.25, 0.3) is 0 Å². The van der Waals surface area contributed by atoms with Crippen molar-refractivity contribution >= 4 is 0 Å². The molecule has 146 valence electrons. The van der Waals surface area contributed by atoms with Crippen molar-refractivity contribution in [3.63, 3.8) is 0 Å². The van der Waals surface area contributed by atoms with Gasteiger partial charge in [0.25, 0.3) is 0 Å². The smallest absolute Gasteiger partial charge is 0.159 e. The minimum atomic E-state index is -0.741. The molecule has 2 heteroatoms. The van der Waals surface area contributed by atoms with Gasteiger partial charge in [-0.05, 0) is 79.4 Å². The fourth-order valence-corrected chi connectivity index (χ4v) is 5.71. The second kappa shape index (κ2) is 9.33. The maximum Gasteiger partial charge on any atom is 0.159 e. The first kappa shape index (κ1) is 19.8. The molecular formula is C24H36F2. The molecule has 1 aromatic carbocycles. The van der Waals surface area contributed by atoms with Crippen molar-refractivity contribution in [1.82, 2.24) is 0 Å². The van der Waals surface area contributed by atoms with E-state index in [1.54, 1.807) is 6.07 Å². The van der Waals surface area contributed by atoms with Gasteiger partial charge in [0, 0.05) is 0 Å². The highest BCUT2D eigenvalue weighted by Crippen LogP contribution is 2.43. The van der Waals surface area contributed by atoms with Gasteiger partial charge in [-0.2, -0.15) is 0 Å². The minimum absolute atomic E-state index is 0.316. The molecule has 0 spiro atoms. The quantitative estimate of drug-likeness (QED) is 0.483. The molecule has 2 aliphatic rings. The van der Waals surface area contributed by atoms with Crippen LogP contribution in [0.3, 0.4) is 0 Å². The number of hydrogen-bond donors (Lipinski definition) is 0. The molecule has 0 N–H and O–H groups in total. The summed E-state index contributed by atoms with van der Waals surface area (Å²) < 4.78 is 26.6. The zero-order valence-corrected chi connectivity index (χ0v) is 16.7. The molecule has 2 aliphatic carbocycles. The fourth-order valence-electron chi connectivity index (χ4n) is 5.71. The van der Waals surface area contributed by atoms with Gasteiger partial charge in [0.05, 0.1) is 0 Å². The summed E-state index contributed by atoms with van der Waals surface area (Å²) in [6, 6.07) is 4.41.